The first-order chi connectivity index (χ1) is 17.3. The summed E-state index contributed by atoms with van der Waals surface area (Å²) in [5, 5.41) is 9.51. The van der Waals surface area contributed by atoms with Gasteiger partial charge in [0.05, 0.1) is 13.2 Å². The van der Waals surface area contributed by atoms with E-state index >= 15 is 0 Å². The fraction of sp³-hybridized carbons (Fsp3) is 0.259. The van der Waals surface area contributed by atoms with Crippen molar-refractivity contribution in [2.75, 3.05) is 19.8 Å². The van der Waals surface area contributed by atoms with Crippen LogP contribution < -0.4 is 9.47 Å². The summed E-state index contributed by atoms with van der Waals surface area (Å²) in [4.78, 5) is 37.7. The third-order valence-electron chi connectivity index (χ3n) is 5.37. The van der Waals surface area contributed by atoms with Crippen molar-refractivity contribution in [2.24, 2.45) is 0 Å². The highest BCUT2D eigenvalue weighted by atomic mass is 19.1. The minimum atomic E-state index is -0.740. The molecule has 9 heteroatoms. The lowest BCUT2D eigenvalue weighted by Gasteiger charge is -2.27. The minimum absolute atomic E-state index is 0.00154. The molecule has 0 N–H and O–H groups in total. The summed E-state index contributed by atoms with van der Waals surface area (Å²) in [5.74, 6) is -1.50. The predicted molar refractivity (Wildman–Crippen MR) is 128 cm³/mol. The number of carbonyl (C=O) groups excluding carboxylic acids is 3. The number of benzene rings is 2. The van der Waals surface area contributed by atoms with Gasteiger partial charge in [-0.2, -0.15) is 5.26 Å². The maximum atomic E-state index is 13.9. The second-order valence-corrected chi connectivity index (χ2v) is 7.79. The molecule has 0 bridgehead atoms. The Morgan fingerprint density at radius 3 is 2.53 bits per heavy atom. The first-order valence-electron chi connectivity index (χ1n) is 11.2. The maximum Gasteiger partial charge on any atom is 0.302 e. The molecular formula is C27H25FN2O6. The molecular weight excluding hydrogens is 467 g/mol. The van der Waals surface area contributed by atoms with Crippen LogP contribution in [0.1, 0.15) is 31.9 Å². The molecule has 0 atom stereocenters. The average Bonchev–Trinajstić information content (AvgIpc) is 2.84. The van der Waals surface area contributed by atoms with Crippen molar-refractivity contribution in [3.8, 4) is 17.6 Å². The summed E-state index contributed by atoms with van der Waals surface area (Å²) >= 11 is 0. The van der Waals surface area contributed by atoms with Crippen molar-refractivity contribution >= 4 is 23.9 Å². The number of carbonyl (C=O) groups is 3. The van der Waals surface area contributed by atoms with Gasteiger partial charge in [-0.25, -0.2) is 4.39 Å². The standard InChI is InChI=1S/C27H25FN2O6/c1-4-34-25-14-19(9-10-24(25)36-16-20-7-5-6-8-23(20)28)13-21-17(2)22(15-29)27(33)30(26(21)32)11-12-35-18(3)31/h5-10,13-14H,4,11-12,16H2,1-3H3/b21-13+. The molecule has 0 saturated heterocycles. The minimum Gasteiger partial charge on any atom is -0.490 e. The third-order valence-corrected chi connectivity index (χ3v) is 5.37. The topological polar surface area (TPSA) is 106 Å². The summed E-state index contributed by atoms with van der Waals surface area (Å²) in [5.41, 5.74) is 1.18. The highest BCUT2D eigenvalue weighted by molar-refractivity contribution is 6.19. The largest absolute Gasteiger partial charge is 0.490 e. The molecule has 2 aromatic rings. The van der Waals surface area contributed by atoms with Crippen LogP contribution in [0.2, 0.25) is 0 Å². The molecule has 1 aliphatic heterocycles. The molecule has 0 aliphatic carbocycles. The number of rotatable bonds is 9. The van der Waals surface area contributed by atoms with Gasteiger partial charge in [-0.3, -0.25) is 19.3 Å². The van der Waals surface area contributed by atoms with E-state index in [4.69, 9.17) is 14.2 Å². The Morgan fingerprint density at radius 1 is 1.11 bits per heavy atom. The Labute approximate surface area is 208 Å². The highest BCUT2D eigenvalue weighted by Crippen LogP contribution is 2.32. The molecule has 36 heavy (non-hydrogen) atoms. The number of halogens is 1. The Hall–Kier alpha value is -4.45. The van der Waals surface area contributed by atoms with Gasteiger partial charge in [0.25, 0.3) is 11.8 Å². The lowest BCUT2D eigenvalue weighted by molar-refractivity contribution is -0.147. The molecule has 3 rings (SSSR count). The Morgan fingerprint density at radius 2 is 1.86 bits per heavy atom. The smallest absolute Gasteiger partial charge is 0.302 e. The number of hydrogen-bond acceptors (Lipinski definition) is 7. The van der Waals surface area contributed by atoms with Crippen LogP contribution in [-0.2, 0) is 25.7 Å². The van der Waals surface area contributed by atoms with Gasteiger partial charge in [-0.05, 0) is 49.3 Å². The summed E-state index contributed by atoms with van der Waals surface area (Å²) in [6, 6.07) is 13.1. The van der Waals surface area contributed by atoms with Gasteiger partial charge in [-0.1, -0.05) is 24.3 Å². The predicted octanol–water partition coefficient (Wildman–Crippen LogP) is 3.96. The van der Waals surface area contributed by atoms with Gasteiger partial charge >= 0.3 is 5.97 Å². The van der Waals surface area contributed by atoms with Gasteiger partial charge in [0, 0.05) is 18.1 Å². The zero-order chi connectivity index (χ0) is 26.2. The zero-order valence-electron chi connectivity index (χ0n) is 20.2. The van der Waals surface area contributed by atoms with Gasteiger partial charge < -0.3 is 14.2 Å². The van der Waals surface area contributed by atoms with E-state index < -0.39 is 17.8 Å². The SMILES string of the molecule is CCOc1cc(/C=C2/C(=O)N(CCOC(C)=O)C(=O)C(C#N)=C2C)ccc1OCc1ccccc1F. The van der Waals surface area contributed by atoms with Crippen LogP contribution >= 0.6 is 0 Å². The zero-order valence-corrected chi connectivity index (χ0v) is 20.2. The second-order valence-electron chi connectivity index (χ2n) is 7.79. The summed E-state index contributed by atoms with van der Waals surface area (Å²) < 4.78 is 30.3. The van der Waals surface area contributed by atoms with Gasteiger partial charge in [0.1, 0.15) is 30.7 Å². The lowest BCUT2D eigenvalue weighted by Crippen LogP contribution is -2.44. The van der Waals surface area contributed by atoms with Crippen molar-refractivity contribution < 1.29 is 33.0 Å². The average molecular weight is 493 g/mol. The van der Waals surface area contributed by atoms with Crippen molar-refractivity contribution in [2.45, 2.75) is 27.4 Å². The van der Waals surface area contributed by atoms with Crippen LogP contribution in [0, 0.1) is 17.1 Å². The van der Waals surface area contributed by atoms with E-state index in [9.17, 15) is 24.0 Å². The van der Waals surface area contributed by atoms with Crippen LogP contribution in [0.4, 0.5) is 4.39 Å². The van der Waals surface area contributed by atoms with Crippen molar-refractivity contribution in [3.63, 3.8) is 0 Å². The van der Waals surface area contributed by atoms with Crippen LogP contribution in [-0.4, -0.2) is 42.4 Å². The Balaban J connectivity index is 1.92. The summed E-state index contributed by atoms with van der Waals surface area (Å²) in [6.45, 7) is 4.52. The molecule has 186 valence electrons. The molecule has 1 aliphatic rings. The molecule has 0 aromatic heterocycles. The molecule has 0 radical (unpaired) electrons. The van der Waals surface area contributed by atoms with Gasteiger partial charge in [-0.15, -0.1) is 0 Å². The first kappa shape index (κ1) is 26.2. The lowest BCUT2D eigenvalue weighted by atomic mass is 9.93. The molecule has 2 aromatic carbocycles. The quantitative estimate of drug-likeness (QED) is 0.296. The third kappa shape index (κ3) is 5.96. The van der Waals surface area contributed by atoms with Crippen LogP contribution in [0.25, 0.3) is 6.08 Å². The fourth-order valence-electron chi connectivity index (χ4n) is 3.55. The fourth-order valence-corrected chi connectivity index (χ4v) is 3.55. The van der Waals surface area contributed by atoms with Crippen LogP contribution in [0.3, 0.4) is 0 Å². The molecule has 8 nitrogen and oxygen atoms in total. The van der Waals surface area contributed by atoms with E-state index in [0.29, 0.717) is 29.2 Å². The number of ether oxygens (including phenoxy) is 3. The molecule has 0 spiro atoms. The van der Waals surface area contributed by atoms with E-state index in [2.05, 4.69) is 0 Å². The molecule has 0 unspecified atom stereocenters. The molecule has 0 fully saturated rings. The van der Waals surface area contributed by atoms with Crippen molar-refractivity contribution in [1.29, 1.82) is 5.26 Å². The van der Waals surface area contributed by atoms with Crippen molar-refractivity contribution in [3.05, 3.63) is 76.1 Å². The number of imide groups is 1. The van der Waals surface area contributed by atoms with E-state index in [1.807, 2.05) is 6.07 Å². The van der Waals surface area contributed by atoms with E-state index in [0.717, 1.165) is 4.90 Å². The van der Waals surface area contributed by atoms with Gasteiger partial charge in [0.2, 0.25) is 0 Å². The maximum absolute atomic E-state index is 13.9. The number of amides is 2. The van der Waals surface area contributed by atoms with E-state index in [-0.39, 0.29) is 42.3 Å². The summed E-state index contributed by atoms with van der Waals surface area (Å²) in [6.07, 6.45) is 1.55. The number of hydrogen-bond donors (Lipinski definition) is 0. The normalized spacial score (nSPS) is 14.6. The van der Waals surface area contributed by atoms with Crippen LogP contribution in [0.15, 0.2) is 59.2 Å². The van der Waals surface area contributed by atoms with Gasteiger partial charge in [0.15, 0.2) is 11.5 Å². The number of nitriles is 1. The Bertz CT molecular complexity index is 1290. The molecule has 1 heterocycles. The molecule has 0 saturated carbocycles. The first-order valence-corrected chi connectivity index (χ1v) is 11.2. The van der Waals surface area contributed by atoms with Crippen molar-refractivity contribution in [1.82, 2.24) is 4.90 Å². The van der Waals surface area contributed by atoms with E-state index in [1.54, 1.807) is 49.4 Å². The second kappa shape index (κ2) is 11.8. The number of nitrogens with zero attached hydrogens (tertiary/aromatic N) is 2. The Kier molecular flexibility index (Phi) is 8.57. The summed E-state index contributed by atoms with van der Waals surface area (Å²) in [7, 11) is 0. The number of esters is 1. The van der Waals surface area contributed by atoms with E-state index in [1.165, 1.54) is 19.9 Å². The monoisotopic (exact) mass is 492 g/mol. The molecule has 2 amide bonds. The van der Waals surface area contributed by atoms with Crippen LogP contribution in [0.5, 0.6) is 11.5 Å². The highest BCUT2D eigenvalue weighted by Gasteiger charge is 2.35.